The van der Waals surface area contributed by atoms with E-state index in [1.54, 1.807) is 13.8 Å². The Hall–Kier alpha value is -1.98. The lowest BCUT2D eigenvalue weighted by atomic mass is 9.99. The summed E-state index contributed by atoms with van der Waals surface area (Å²) in [5.74, 6) is -0.257. The van der Waals surface area contributed by atoms with Gasteiger partial charge in [-0.3, -0.25) is 20.2 Å². The number of benzene rings is 1. The predicted octanol–water partition coefficient (Wildman–Crippen LogP) is 2.63. The van der Waals surface area contributed by atoms with Crippen LogP contribution >= 0.6 is 0 Å². The summed E-state index contributed by atoms with van der Waals surface area (Å²) in [4.78, 5) is 20.2. The van der Waals surface area contributed by atoms with Gasteiger partial charge in [-0.05, 0) is 12.0 Å². The number of hydrogen-bond acceptors (Lipinski definition) is 4. The molecule has 0 unspecified atom stereocenters. The van der Waals surface area contributed by atoms with E-state index in [0.717, 1.165) is 0 Å². The van der Waals surface area contributed by atoms with Crippen LogP contribution in [0.4, 0.5) is 11.4 Å². The molecule has 6 heteroatoms. The van der Waals surface area contributed by atoms with Crippen molar-refractivity contribution < 1.29 is 9.85 Å². The van der Waals surface area contributed by atoms with Crippen molar-refractivity contribution in [1.82, 2.24) is 0 Å². The molecule has 1 aromatic carbocycles. The summed E-state index contributed by atoms with van der Waals surface area (Å²) in [5.41, 5.74) is -0.217. The van der Waals surface area contributed by atoms with Crippen LogP contribution in [0.3, 0.4) is 0 Å². The minimum absolute atomic E-state index is 0.174. The summed E-state index contributed by atoms with van der Waals surface area (Å²) in [6, 6.07) is 3.88. The van der Waals surface area contributed by atoms with Gasteiger partial charge in [0.25, 0.3) is 11.4 Å². The molecule has 0 aliphatic carbocycles. The number of hydrogen-bond donors (Lipinski definition) is 0. The number of rotatable bonds is 3. The van der Waals surface area contributed by atoms with Crippen molar-refractivity contribution in [2.45, 2.75) is 19.8 Å². The van der Waals surface area contributed by atoms with Crippen molar-refractivity contribution in [3.05, 3.63) is 44.0 Å². The molecule has 0 atom stereocenters. The van der Waals surface area contributed by atoms with E-state index in [9.17, 15) is 20.2 Å². The highest BCUT2D eigenvalue weighted by Gasteiger charge is 2.26. The SMILES string of the molecule is CC(C)c1c([N+](=O)[O-])cccc1[N+](=O)[O-]. The Kier molecular flexibility index (Phi) is 2.99. The molecular formula is C9H10N2O4. The minimum atomic E-state index is -0.595. The fraction of sp³-hybridized carbons (Fsp3) is 0.333. The van der Waals surface area contributed by atoms with Crippen LogP contribution in [-0.4, -0.2) is 9.85 Å². The highest BCUT2D eigenvalue weighted by atomic mass is 16.6. The Bertz CT molecular complexity index is 382. The van der Waals surface area contributed by atoms with Crippen molar-refractivity contribution in [3.8, 4) is 0 Å². The van der Waals surface area contributed by atoms with Crippen LogP contribution in [0.15, 0.2) is 18.2 Å². The van der Waals surface area contributed by atoms with Gasteiger partial charge in [0, 0.05) is 12.1 Å². The van der Waals surface area contributed by atoms with Crippen molar-refractivity contribution in [2.75, 3.05) is 0 Å². The van der Waals surface area contributed by atoms with E-state index < -0.39 is 9.85 Å². The third-order valence-electron chi connectivity index (χ3n) is 2.03. The Morgan fingerprint density at radius 3 is 1.73 bits per heavy atom. The van der Waals surface area contributed by atoms with Gasteiger partial charge < -0.3 is 0 Å². The monoisotopic (exact) mass is 210 g/mol. The lowest BCUT2D eigenvalue weighted by molar-refractivity contribution is -0.395. The van der Waals surface area contributed by atoms with E-state index in [0.29, 0.717) is 0 Å². The second kappa shape index (κ2) is 4.04. The first-order valence-corrected chi connectivity index (χ1v) is 4.36. The maximum Gasteiger partial charge on any atom is 0.279 e. The lowest BCUT2D eigenvalue weighted by Crippen LogP contribution is -2.02. The molecule has 6 nitrogen and oxygen atoms in total. The largest absolute Gasteiger partial charge is 0.279 e. The quantitative estimate of drug-likeness (QED) is 0.566. The normalized spacial score (nSPS) is 10.3. The van der Waals surface area contributed by atoms with Crippen molar-refractivity contribution in [3.63, 3.8) is 0 Å². The van der Waals surface area contributed by atoms with Crippen LogP contribution in [0.25, 0.3) is 0 Å². The molecule has 0 fully saturated rings. The summed E-state index contributed by atoms with van der Waals surface area (Å²) in [5, 5.41) is 21.4. The zero-order valence-corrected chi connectivity index (χ0v) is 8.34. The Balaban J connectivity index is 3.48. The lowest BCUT2D eigenvalue weighted by Gasteiger charge is -2.06. The summed E-state index contributed by atoms with van der Waals surface area (Å²) in [7, 11) is 0. The summed E-state index contributed by atoms with van der Waals surface area (Å²) < 4.78 is 0. The molecular weight excluding hydrogens is 200 g/mol. The molecule has 1 rings (SSSR count). The molecule has 80 valence electrons. The van der Waals surface area contributed by atoms with Crippen LogP contribution in [0, 0.1) is 20.2 Å². The maximum absolute atomic E-state index is 10.7. The Labute approximate surface area is 85.8 Å². The first-order chi connectivity index (χ1) is 6.95. The first-order valence-electron chi connectivity index (χ1n) is 4.36. The summed E-state index contributed by atoms with van der Waals surface area (Å²) >= 11 is 0. The molecule has 0 aliphatic heterocycles. The van der Waals surface area contributed by atoms with Crippen molar-refractivity contribution in [1.29, 1.82) is 0 Å². The second-order valence-corrected chi connectivity index (χ2v) is 3.38. The van der Waals surface area contributed by atoms with Crippen LogP contribution in [0.2, 0.25) is 0 Å². The molecule has 0 aromatic heterocycles. The Morgan fingerprint density at radius 1 is 1.07 bits per heavy atom. The second-order valence-electron chi connectivity index (χ2n) is 3.38. The van der Waals surface area contributed by atoms with E-state index in [1.807, 2.05) is 0 Å². The first kappa shape index (κ1) is 11.1. The molecule has 0 spiro atoms. The van der Waals surface area contributed by atoms with Gasteiger partial charge in [0.2, 0.25) is 0 Å². The molecule has 0 radical (unpaired) electrons. The zero-order valence-electron chi connectivity index (χ0n) is 8.34. The standard InChI is InChI=1S/C9H10N2O4/c1-6(2)9-7(10(12)13)4-3-5-8(9)11(14)15/h3-6H,1-2H3. The highest BCUT2D eigenvalue weighted by Crippen LogP contribution is 2.34. The van der Waals surface area contributed by atoms with E-state index >= 15 is 0 Å². The average molecular weight is 210 g/mol. The fourth-order valence-corrected chi connectivity index (χ4v) is 1.45. The molecule has 0 amide bonds. The summed E-state index contributed by atoms with van der Waals surface area (Å²) in [6.45, 7) is 3.38. The zero-order chi connectivity index (χ0) is 11.6. The fourth-order valence-electron chi connectivity index (χ4n) is 1.45. The summed E-state index contributed by atoms with van der Waals surface area (Å²) in [6.07, 6.45) is 0. The highest BCUT2D eigenvalue weighted by molar-refractivity contribution is 5.55. The third kappa shape index (κ3) is 2.09. The minimum Gasteiger partial charge on any atom is -0.258 e. The molecule has 0 bridgehead atoms. The molecule has 1 aromatic rings. The molecule has 15 heavy (non-hydrogen) atoms. The van der Waals surface area contributed by atoms with Gasteiger partial charge in [-0.1, -0.05) is 13.8 Å². The molecule has 0 heterocycles. The van der Waals surface area contributed by atoms with E-state index in [4.69, 9.17) is 0 Å². The number of nitrogens with zero attached hydrogens (tertiary/aromatic N) is 2. The smallest absolute Gasteiger partial charge is 0.258 e. The molecule has 0 saturated heterocycles. The van der Waals surface area contributed by atoms with Gasteiger partial charge in [-0.15, -0.1) is 0 Å². The molecule has 0 N–H and O–H groups in total. The van der Waals surface area contributed by atoms with E-state index in [-0.39, 0.29) is 22.9 Å². The van der Waals surface area contributed by atoms with Gasteiger partial charge in [0.1, 0.15) is 5.56 Å². The van der Waals surface area contributed by atoms with Gasteiger partial charge in [0.05, 0.1) is 9.85 Å². The van der Waals surface area contributed by atoms with Crippen LogP contribution in [0.5, 0.6) is 0 Å². The van der Waals surface area contributed by atoms with E-state index in [2.05, 4.69) is 0 Å². The van der Waals surface area contributed by atoms with Crippen molar-refractivity contribution >= 4 is 11.4 Å². The third-order valence-corrected chi connectivity index (χ3v) is 2.03. The van der Waals surface area contributed by atoms with Gasteiger partial charge in [-0.25, -0.2) is 0 Å². The number of nitro benzene ring substituents is 2. The van der Waals surface area contributed by atoms with Gasteiger partial charge >= 0.3 is 0 Å². The number of nitro groups is 2. The molecule has 0 saturated carbocycles. The van der Waals surface area contributed by atoms with Crippen LogP contribution in [-0.2, 0) is 0 Å². The van der Waals surface area contributed by atoms with Gasteiger partial charge in [-0.2, -0.15) is 0 Å². The van der Waals surface area contributed by atoms with Crippen LogP contribution < -0.4 is 0 Å². The van der Waals surface area contributed by atoms with E-state index in [1.165, 1.54) is 18.2 Å². The Morgan fingerprint density at radius 2 is 1.47 bits per heavy atom. The van der Waals surface area contributed by atoms with Crippen LogP contribution in [0.1, 0.15) is 25.3 Å². The topological polar surface area (TPSA) is 86.3 Å². The predicted molar refractivity (Wildman–Crippen MR) is 53.8 cm³/mol. The van der Waals surface area contributed by atoms with Crippen molar-refractivity contribution in [2.24, 2.45) is 0 Å². The maximum atomic E-state index is 10.7. The molecule has 0 aliphatic rings. The average Bonchev–Trinajstić information content (AvgIpc) is 2.16. The van der Waals surface area contributed by atoms with Gasteiger partial charge in [0.15, 0.2) is 0 Å².